The van der Waals surface area contributed by atoms with Crippen LogP contribution in [-0.4, -0.2) is 22.2 Å². The summed E-state index contributed by atoms with van der Waals surface area (Å²) in [5, 5.41) is 43.3. The molecule has 0 bridgehead atoms. The third kappa shape index (κ3) is 12.9. The van der Waals surface area contributed by atoms with Crippen LogP contribution in [0.4, 0.5) is 22.7 Å². The summed E-state index contributed by atoms with van der Waals surface area (Å²) in [6, 6.07) is 62.7. The van der Waals surface area contributed by atoms with Gasteiger partial charge >= 0.3 is 0 Å². The zero-order valence-electron chi connectivity index (χ0n) is 34.7. The molecule has 0 unspecified atom stereocenters. The van der Waals surface area contributed by atoms with Gasteiger partial charge in [-0.2, -0.15) is 0 Å². The molecule has 0 radical (unpaired) electrons. The highest BCUT2D eigenvalue weighted by atomic mass is 16.5. The van der Waals surface area contributed by atoms with E-state index in [0.29, 0.717) is 0 Å². The van der Waals surface area contributed by atoms with Crippen molar-refractivity contribution in [2.24, 2.45) is 0 Å². The third-order valence-corrected chi connectivity index (χ3v) is 9.44. The van der Waals surface area contributed by atoms with Gasteiger partial charge < -0.3 is 62.4 Å². The number of ether oxygens (including phenoxy) is 2. The molecule has 0 saturated carbocycles. The van der Waals surface area contributed by atoms with Crippen LogP contribution in [0.5, 0.6) is 23.0 Å². The minimum absolute atomic E-state index is 0.284. The number of benzene rings is 8. The van der Waals surface area contributed by atoms with Crippen molar-refractivity contribution in [2.75, 3.05) is 11.5 Å². The summed E-state index contributed by atoms with van der Waals surface area (Å²) in [5.41, 5.74) is 19.1. The minimum atomic E-state index is -2.11. The molecule has 0 aliphatic heterocycles. The van der Waals surface area contributed by atoms with E-state index in [2.05, 4.69) is 11.5 Å². The van der Waals surface area contributed by atoms with Crippen molar-refractivity contribution in [3.8, 4) is 23.0 Å². The smallest absolute Gasteiger partial charge is 0.154 e. The molecule has 0 spiro atoms. The SMILES string of the molecule is Nc1ccc(Oc2ccc([NH3+])cc2)cc1.Nc1ccc(Oc2ccc([NH3+])cc2)cc1.O=C([O-])C(O)(c1ccccc1)c1ccccc1.O=C([O-])C(O)(c1ccccc1)c1ccccc1. The highest BCUT2D eigenvalue weighted by Gasteiger charge is 2.34. The predicted molar refractivity (Wildman–Crippen MR) is 242 cm³/mol. The maximum absolute atomic E-state index is 11.3. The Bertz CT molecular complexity index is 2280. The average Bonchev–Trinajstić information content (AvgIpc) is 3.33. The van der Waals surface area contributed by atoms with Crippen LogP contribution in [-0.2, 0) is 20.8 Å². The second kappa shape index (κ2) is 22.5. The van der Waals surface area contributed by atoms with Crippen LogP contribution in [0.1, 0.15) is 22.3 Å². The number of aliphatic carboxylic acids is 2. The van der Waals surface area contributed by atoms with E-state index < -0.39 is 23.1 Å². The van der Waals surface area contributed by atoms with Gasteiger partial charge in [0, 0.05) is 35.6 Å². The van der Waals surface area contributed by atoms with E-state index in [1.54, 1.807) is 121 Å². The number of anilines is 2. The van der Waals surface area contributed by atoms with Gasteiger partial charge in [0.15, 0.2) is 11.2 Å². The normalized spacial score (nSPS) is 10.6. The zero-order valence-corrected chi connectivity index (χ0v) is 34.7. The number of carbonyl (C=O) groups excluding carboxylic acids is 2. The van der Waals surface area contributed by atoms with Crippen LogP contribution in [0.15, 0.2) is 218 Å². The Kier molecular flexibility index (Phi) is 16.5. The molecule has 8 aromatic rings. The molecule has 0 atom stereocenters. The number of nitrogens with two attached hydrogens (primary N) is 2. The van der Waals surface area contributed by atoms with Crippen LogP contribution in [0.2, 0.25) is 0 Å². The van der Waals surface area contributed by atoms with E-state index in [9.17, 15) is 30.0 Å². The van der Waals surface area contributed by atoms with Gasteiger partial charge in [0.05, 0.1) is 11.9 Å². The standard InChI is InChI=1S/2C14H12O3.2C12H12N2O/c2*15-13(16)14(17,11-7-3-1-4-8-11)12-9-5-2-6-10-12;2*13-9-1-5-11(6-2-9)15-12-7-3-10(14)4-8-12/h2*1-10,17H,(H,15,16);2*1-8H,13-14H2. The first-order chi connectivity index (χ1) is 30.8. The molecule has 0 aliphatic carbocycles. The maximum atomic E-state index is 11.3. The molecule has 8 aromatic carbocycles. The first-order valence-corrected chi connectivity index (χ1v) is 19.8. The summed E-state index contributed by atoms with van der Waals surface area (Å²) in [6.45, 7) is 0. The molecule has 0 aromatic heterocycles. The fourth-order valence-corrected chi connectivity index (χ4v) is 5.98. The molecule has 8 rings (SSSR count). The van der Waals surface area contributed by atoms with E-state index >= 15 is 0 Å². The lowest BCUT2D eigenvalue weighted by Crippen LogP contribution is -2.46. The lowest BCUT2D eigenvalue weighted by molar-refractivity contribution is -0.323. The highest BCUT2D eigenvalue weighted by molar-refractivity contribution is 5.82. The number of quaternary nitrogens is 2. The molecule has 0 amide bonds. The lowest BCUT2D eigenvalue weighted by atomic mass is 9.86. The van der Waals surface area contributed by atoms with Crippen LogP contribution < -0.4 is 42.6 Å². The summed E-state index contributed by atoms with van der Waals surface area (Å²) < 4.78 is 11.2. The lowest BCUT2D eigenvalue weighted by Gasteiger charge is -2.30. The Labute approximate surface area is 370 Å². The van der Waals surface area contributed by atoms with Crippen molar-refractivity contribution < 1.29 is 51.0 Å². The number of hydrogen-bond acceptors (Lipinski definition) is 10. The molecule has 324 valence electrons. The Hall–Kier alpha value is -8.26. The number of carboxylic acids is 2. The number of carbonyl (C=O) groups is 2. The molecule has 0 aliphatic rings. The second-order valence-electron chi connectivity index (χ2n) is 14.1. The summed E-state index contributed by atoms with van der Waals surface area (Å²) in [6.07, 6.45) is 0. The van der Waals surface area contributed by atoms with E-state index in [4.69, 9.17) is 20.9 Å². The molecule has 64 heavy (non-hydrogen) atoms. The van der Waals surface area contributed by atoms with Crippen LogP contribution in [0.3, 0.4) is 0 Å². The van der Waals surface area contributed by atoms with E-state index in [1.165, 1.54) is 0 Å². The van der Waals surface area contributed by atoms with Gasteiger partial charge in [-0.15, -0.1) is 0 Å². The highest BCUT2D eigenvalue weighted by Crippen LogP contribution is 2.30. The molecule has 12 N–H and O–H groups in total. The third-order valence-electron chi connectivity index (χ3n) is 9.44. The zero-order chi connectivity index (χ0) is 46.0. The van der Waals surface area contributed by atoms with Gasteiger partial charge in [-0.1, -0.05) is 121 Å². The topological polar surface area (TPSA) is 246 Å². The number of rotatable bonds is 10. The quantitative estimate of drug-likeness (QED) is 0.0980. The summed E-state index contributed by atoms with van der Waals surface area (Å²) in [7, 11) is 0. The largest absolute Gasteiger partial charge is 0.546 e. The van der Waals surface area contributed by atoms with Gasteiger partial charge in [-0.3, -0.25) is 0 Å². The molecule has 0 heterocycles. The van der Waals surface area contributed by atoms with Crippen molar-refractivity contribution in [1.82, 2.24) is 0 Å². The fourth-order valence-electron chi connectivity index (χ4n) is 5.98. The predicted octanol–water partition coefficient (Wildman–Crippen LogP) is 5.21. The van der Waals surface area contributed by atoms with Gasteiger partial charge in [-0.05, 0) is 95.1 Å². The van der Waals surface area contributed by atoms with Gasteiger partial charge in [0.25, 0.3) is 0 Å². The summed E-state index contributed by atoms with van der Waals surface area (Å²) in [5.74, 6) is 0.0890. The van der Waals surface area contributed by atoms with Gasteiger partial charge in [-0.25, -0.2) is 0 Å². The van der Waals surface area contributed by atoms with Crippen LogP contribution in [0, 0.1) is 0 Å². The van der Waals surface area contributed by atoms with E-state index in [0.717, 1.165) is 45.7 Å². The number of aliphatic hydroxyl groups is 2. The molecule has 12 nitrogen and oxygen atoms in total. The Morgan fingerprint density at radius 2 is 0.578 bits per heavy atom. The van der Waals surface area contributed by atoms with Crippen molar-refractivity contribution in [3.63, 3.8) is 0 Å². The van der Waals surface area contributed by atoms with E-state index in [1.807, 2.05) is 97.1 Å². The van der Waals surface area contributed by atoms with Crippen LogP contribution >= 0.6 is 0 Å². The average molecular weight is 857 g/mol. The van der Waals surface area contributed by atoms with Gasteiger partial charge in [0.1, 0.15) is 34.4 Å². The van der Waals surface area contributed by atoms with E-state index in [-0.39, 0.29) is 22.3 Å². The molecule has 0 saturated heterocycles. The van der Waals surface area contributed by atoms with Gasteiger partial charge in [0.2, 0.25) is 0 Å². The second-order valence-corrected chi connectivity index (χ2v) is 14.1. The molecule has 0 fully saturated rings. The van der Waals surface area contributed by atoms with Crippen molar-refractivity contribution in [2.45, 2.75) is 11.2 Å². The molecular weight excluding hydrogens is 809 g/mol. The Balaban J connectivity index is 0.000000161. The fraction of sp³-hybridized carbons (Fsp3) is 0.0385. The molecule has 12 heteroatoms. The first-order valence-electron chi connectivity index (χ1n) is 19.8. The van der Waals surface area contributed by atoms with Crippen molar-refractivity contribution in [3.05, 3.63) is 241 Å². The minimum Gasteiger partial charge on any atom is -0.546 e. The Morgan fingerprint density at radius 1 is 0.375 bits per heavy atom. The number of carboxylic acid groups (broad SMARTS) is 2. The Morgan fingerprint density at radius 3 is 0.781 bits per heavy atom. The number of nitrogen functional groups attached to an aromatic ring is 2. The number of hydrogen-bond donors (Lipinski definition) is 6. The van der Waals surface area contributed by atoms with Crippen molar-refractivity contribution >= 4 is 34.7 Å². The maximum Gasteiger partial charge on any atom is 0.154 e. The van der Waals surface area contributed by atoms with Crippen LogP contribution in [0.25, 0.3) is 0 Å². The van der Waals surface area contributed by atoms with Crippen molar-refractivity contribution in [1.29, 1.82) is 0 Å². The molecular formula is C52H48N4O8. The summed E-state index contributed by atoms with van der Waals surface area (Å²) >= 11 is 0. The summed E-state index contributed by atoms with van der Waals surface area (Å²) in [4.78, 5) is 22.5. The monoisotopic (exact) mass is 856 g/mol. The first kappa shape index (κ1) is 46.8.